The van der Waals surface area contributed by atoms with Crippen molar-refractivity contribution in [3.63, 3.8) is 0 Å². The van der Waals surface area contributed by atoms with Crippen molar-refractivity contribution in [2.24, 2.45) is 0 Å². The third-order valence-corrected chi connectivity index (χ3v) is 4.12. The molecule has 0 spiro atoms. The molecule has 2 aromatic heterocycles. The van der Waals surface area contributed by atoms with E-state index in [1.807, 2.05) is 54.6 Å². The lowest BCUT2D eigenvalue weighted by atomic mass is 10.2. The first kappa shape index (κ1) is 14.5. The van der Waals surface area contributed by atoms with Gasteiger partial charge in [-0.3, -0.25) is 4.79 Å². The highest BCUT2D eigenvalue weighted by Crippen LogP contribution is 2.24. The van der Waals surface area contributed by atoms with Gasteiger partial charge in [0.25, 0.3) is 5.56 Å². The second-order valence-electron chi connectivity index (χ2n) is 5.64. The zero-order valence-corrected chi connectivity index (χ0v) is 13.3. The first-order valence-electron chi connectivity index (χ1n) is 7.96. The van der Waals surface area contributed by atoms with Crippen molar-refractivity contribution >= 4 is 27.8 Å². The predicted octanol–water partition coefficient (Wildman–Crippen LogP) is 3.70. The van der Waals surface area contributed by atoms with Gasteiger partial charge in [-0.25, -0.2) is 4.98 Å². The predicted molar refractivity (Wildman–Crippen MR) is 95.3 cm³/mol. The van der Waals surface area contributed by atoms with Crippen LogP contribution in [0.1, 0.15) is 12.7 Å². The third kappa shape index (κ3) is 2.44. The Kier molecular flexibility index (Phi) is 3.54. The number of nitrogens with zero attached hydrogens (tertiary/aromatic N) is 2. The van der Waals surface area contributed by atoms with E-state index in [0.717, 1.165) is 17.6 Å². The van der Waals surface area contributed by atoms with Crippen molar-refractivity contribution in [3.05, 3.63) is 70.8 Å². The number of furan rings is 1. The number of benzene rings is 2. The summed E-state index contributed by atoms with van der Waals surface area (Å²) in [6.07, 6.45) is 0. The largest absolute Gasteiger partial charge is 0.449 e. The molecule has 0 atom stereocenters. The molecule has 5 nitrogen and oxygen atoms in total. The lowest BCUT2D eigenvalue weighted by Crippen LogP contribution is -2.25. The summed E-state index contributed by atoms with van der Waals surface area (Å²) in [7, 11) is 0. The van der Waals surface area contributed by atoms with Gasteiger partial charge in [0.1, 0.15) is 16.9 Å². The summed E-state index contributed by atoms with van der Waals surface area (Å²) in [6, 6.07) is 17.7. The third-order valence-electron chi connectivity index (χ3n) is 4.12. The molecule has 120 valence electrons. The topological polar surface area (TPSA) is 62.1 Å². The first-order chi connectivity index (χ1) is 11.8. The summed E-state index contributed by atoms with van der Waals surface area (Å²) in [6.45, 7) is 3.43. The SMILES string of the molecule is CCN(Cc1nc2c(oc3ccccc32)c(=O)[nH]1)c1ccccc1. The van der Waals surface area contributed by atoms with Crippen LogP contribution < -0.4 is 10.5 Å². The molecule has 0 unspecified atom stereocenters. The normalized spacial score (nSPS) is 11.2. The average Bonchev–Trinajstić information content (AvgIpc) is 3.00. The first-order valence-corrected chi connectivity index (χ1v) is 7.96. The maximum absolute atomic E-state index is 12.4. The summed E-state index contributed by atoms with van der Waals surface area (Å²) in [5.74, 6) is 0.629. The van der Waals surface area contributed by atoms with E-state index in [4.69, 9.17) is 4.42 Å². The van der Waals surface area contributed by atoms with E-state index in [9.17, 15) is 4.79 Å². The molecule has 5 heteroatoms. The quantitative estimate of drug-likeness (QED) is 0.623. The lowest BCUT2D eigenvalue weighted by Gasteiger charge is -2.22. The highest BCUT2D eigenvalue weighted by atomic mass is 16.3. The van der Waals surface area contributed by atoms with Gasteiger partial charge in [0.15, 0.2) is 0 Å². The Morgan fingerprint density at radius 3 is 2.62 bits per heavy atom. The van der Waals surface area contributed by atoms with Gasteiger partial charge in [-0.15, -0.1) is 0 Å². The van der Waals surface area contributed by atoms with Crippen LogP contribution in [0.5, 0.6) is 0 Å². The highest BCUT2D eigenvalue weighted by molar-refractivity contribution is 6.01. The number of fused-ring (bicyclic) bond motifs is 3. The van der Waals surface area contributed by atoms with Crippen molar-refractivity contribution in [1.82, 2.24) is 9.97 Å². The average molecular weight is 319 g/mol. The van der Waals surface area contributed by atoms with Crippen molar-refractivity contribution in [3.8, 4) is 0 Å². The molecule has 2 heterocycles. The fraction of sp³-hybridized carbons (Fsp3) is 0.158. The highest BCUT2D eigenvalue weighted by Gasteiger charge is 2.14. The Balaban J connectivity index is 1.79. The molecule has 0 aliphatic rings. The minimum atomic E-state index is -0.240. The Hall–Kier alpha value is -3.08. The number of hydrogen-bond donors (Lipinski definition) is 1. The molecular weight excluding hydrogens is 302 g/mol. The number of rotatable bonds is 4. The standard InChI is InChI=1S/C19H17N3O2/c1-2-22(13-8-4-3-5-9-13)12-16-20-17-14-10-6-7-11-15(14)24-18(17)19(23)21-16/h3-11H,2,12H2,1H3,(H,20,21,23). The van der Waals surface area contributed by atoms with Crippen LogP contribution in [0.25, 0.3) is 22.1 Å². The smallest absolute Gasteiger partial charge is 0.294 e. The molecule has 0 amide bonds. The van der Waals surface area contributed by atoms with Gasteiger partial charge in [-0.1, -0.05) is 30.3 Å². The van der Waals surface area contributed by atoms with Crippen molar-refractivity contribution in [2.45, 2.75) is 13.5 Å². The van der Waals surface area contributed by atoms with Gasteiger partial charge in [-0.2, -0.15) is 0 Å². The fourth-order valence-corrected chi connectivity index (χ4v) is 2.93. The summed E-state index contributed by atoms with van der Waals surface area (Å²) in [5, 5.41) is 0.864. The van der Waals surface area contributed by atoms with Gasteiger partial charge in [0.2, 0.25) is 5.58 Å². The summed E-state index contributed by atoms with van der Waals surface area (Å²) >= 11 is 0. The number of aromatic nitrogens is 2. The maximum Gasteiger partial charge on any atom is 0.294 e. The molecule has 2 aromatic carbocycles. The zero-order valence-electron chi connectivity index (χ0n) is 13.3. The molecule has 0 bridgehead atoms. The summed E-state index contributed by atoms with van der Waals surface area (Å²) in [4.78, 5) is 22.0. The fourth-order valence-electron chi connectivity index (χ4n) is 2.93. The summed E-state index contributed by atoms with van der Waals surface area (Å²) in [5.41, 5.74) is 2.43. The minimum absolute atomic E-state index is 0.240. The van der Waals surface area contributed by atoms with E-state index in [1.165, 1.54) is 0 Å². The van der Waals surface area contributed by atoms with Gasteiger partial charge >= 0.3 is 0 Å². The van der Waals surface area contributed by atoms with Gasteiger partial charge < -0.3 is 14.3 Å². The van der Waals surface area contributed by atoms with Crippen LogP contribution in [-0.4, -0.2) is 16.5 Å². The van der Waals surface area contributed by atoms with E-state index < -0.39 is 0 Å². The van der Waals surface area contributed by atoms with Crippen LogP contribution in [0.15, 0.2) is 63.8 Å². The second kappa shape index (κ2) is 5.85. The van der Waals surface area contributed by atoms with Gasteiger partial charge in [-0.05, 0) is 31.2 Å². The van der Waals surface area contributed by atoms with E-state index in [1.54, 1.807) is 0 Å². The minimum Gasteiger partial charge on any atom is -0.449 e. The monoisotopic (exact) mass is 319 g/mol. The molecule has 0 saturated carbocycles. The van der Waals surface area contributed by atoms with Crippen molar-refractivity contribution in [2.75, 3.05) is 11.4 Å². The van der Waals surface area contributed by atoms with Crippen molar-refractivity contribution < 1.29 is 4.42 Å². The molecule has 0 fully saturated rings. The van der Waals surface area contributed by atoms with Gasteiger partial charge in [0, 0.05) is 17.6 Å². The molecule has 4 aromatic rings. The number of aromatic amines is 1. The number of nitrogens with one attached hydrogen (secondary N) is 1. The molecular formula is C19H17N3O2. The molecule has 1 N–H and O–H groups in total. The van der Waals surface area contributed by atoms with Crippen LogP contribution in [0.3, 0.4) is 0 Å². The van der Waals surface area contributed by atoms with Crippen LogP contribution >= 0.6 is 0 Å². The molecule has 0 aliphatic carbocycles. The Labute approximate surface area is 138 Å². The van der Waals surface area contributed by atoms with E-state index in [2.05, 4.69) is 21.8 Å². The molecule has 0 saturated heterocycles. The molecule has 24 heavy (non-hydrogen) atoms. The van der Waals surface area contributed by atoms with E-state index in [-0.39, 0.29) is 11.1 Å². The Morgan fingerprint density at radius 2 is 1.83 bits per heavy atom. The Bertz CT molecular complexity index is 1050. The summed E-state index contributed by atoms with van der Waals surface area (Å²) < 4.78 is 5.63. The number of H-pyrrole nitrogens is 1. The van der Waals surface area contributed by atoms with E-state index >= 15 is 0 Å². The molecule has 0 radical (unpaired) electrons. The van der Waals surface area contributed by atoms with Crippen LogP contribution in [0.4, 0.5) is 5.69 Å². The van der Waals surface area contributed by atoms with Crippen molar-refractivity contribution in [1.29, 1.82) is 0 Å². The number of para-hydroxylation sites is 2. The molecule has 0 aliphatic heterocycles. The molecule has 4 rings (SSSR count). The Morgan fingerprint density at radius 1 is 1.08 bits per heavy atom. The second-order valence-corrected chi connectivity index (χ2v) is 5.64. The maximum atomic E-state index is 12.4. The van der Waals surface area contributed by atoms with E-state index in [0.29, 0.717) is 23.5 Å². The van der Waals surface area contributed by atoms with Crippen LogP contribution in [0, 0.1) is 0 Å². The van der Waals surface area contributed by atoms with Crippen LogP contribution in [-0.2, 0) is 6.54 Å². The lowest BCUT2D eigenvalue weighted by molar-refractivity contribution is 0.658. The number of hydrogen-bond acceptors (Lipinski definition) is 4. The van der Waals surface area contributed by atoms with Gasteiger partial charge in [0.05, 0.1) is 6.54 Å². The zero-order chi connectivity index (χ0) is 16.5. The van der Waals surface area contributed by atoms with Crippen LogP contribution in [0.2, 0.25) is 0 Å². The number of anilines is 1.